The fourth-order valence-corrected chi connectivity index (χ4v) is 4.70. The fraction of sp³-hybridized carbons (Fsp3) is 0.292. The van der Waals surface area contributed by atoms with Gasteiger partial charge in [-0.1, -0.05) is 24.1 Å². The Labute approximate surface area is 201 Å². The monoisotopic (exact) mass is 474 g/mol. The molecule has 172 valence electrons. The van der Waals surface area contributed by atoms with Crippen molar-refractivity contribution in [3.63, 3.8) is 0 Å². The Bertz CT molecular complexity index is 1510. The SMILES string of the molecule is C=CC(=O)N1CC(n2nc(C#Cc3cc4ncn(CC)c4cc3Cl)c3c(N)ncnc32)C[C@@H]1C. The van der Waals surface area contributed by atoms with E-state index in [0.29, 0.717) is 39.7 Å². The van der Waals surface area contributed by atoms with Gasteiger partial charge in [0, 0.05) is 24.7 Å². The molecule has 1 saturated heterocycles. The lowest BCUT2D eigenvalue weighted by atomic mass is 10.2. The third kappa shape index (κ3) is 3.56. The van der Waals surface area contributed by atoms with Crippen molar-refractivity contribution < 1.29 is 4.79 Å². The second-order valence-corrected chi connectivity index (χ2v) is 8.69. The standard InChI is InChI=1S/C24H23ClN8O/c1-4-21(34)32-11-16(8-14(32)3)33-24-22(23(26)27-12-28-24)18(30-33)7-6-15-9-19-20(10-17(15)25)31(5-2)13-29-19/h4,9-10,12-14,16H,1,5,8,11H2,2-3H3,(H2,26,27,28)/t14-,16?/m0/s1. The molecule has 1 fully saturated rings. The van der Waals surface area contributed by atoms with E-state index < -0.39 is 0 Å². The second-order valence-electron chi connectivity index (χ2n) is 8.29. The van der Waals surface area contributed by atoms with Crippen molar-refractivity contribution in [2.75, 3.05) is 12.3 Å². The van der Waals surface area contributed by atoms with E-state index in [1.165, 1.54) is 12.4 Å². The minimum Gasteiger partial charge on any atom is -0.383 e. The first kappa shape index (κ1) is 21.9. The summed E-state index contributed by atoms with van der Waals surface area (Å²) >= 11 is 6.52. The molecular formula is C24H23ClN8O. The van der Waals surface area contributed by atoms with Crippen LogP contribution in [-0.4, -0.2) is 52.7 Å². The molecule has 3 aromatic heterocycles. The number of nitrogen functional groups attached to an aromatic ring is 1. The van der Waals surface area contributed by atoms with Crippen LogP contribution in [-0.2, 0) is 11.3 Å². The lowest BCUT2D eigenvalue weighted by Crippen LogP contribution is -2.32. The third-order valence-electron chi connectivity index (χ3n) is 6.24. The number of hydrogen-bond acceptors (Lipinski definition) is 6. The van der Waals surface area contributed by atoms with Crippen molar-refractivity contribution in [3.8, 4) is 11.8 Å². The number of halogens is 1. The normalized spacial score (nSPS) is 17.8. The molecule has 5 rings (SSSR count). The quantitative estimate of drug-likeness (QED) is 0.361. The molecule has 0 saturated carbocycles. The number of likely N-dealkylation sites (tertiary alicyclic amines) is 1. The van der Waals surface area contributed by atoms with Crippen molar-refractivity contribution in [3.05, 3.63) is 53.7 Å². The van der Waals surface area contributed by atoms with Crippen LogP contribution < -0.4 is 5.73 Å². The smallest absolute Gasteiger partial charge is 0.246 e. The van der Waals surface area contributed by atoms with Gasteiger partial charge in [-0.2, -0.15) is 5.10 Å². The molecule has 34 heavy (non-hydrogen) atoms. The molecule has 4 aromatic rings. The first-order valence-corrected chi connectivity index (χ1v) is 11.4. The van der Waals surface area contributed by atoms with E-state index in [2.05, 4.69) is 33.4 Å². The molecule has 4 heterocycles. The molecule has 1 aliphatic rings. The molecule has 2 N–H and O–H groups in total. The van der Waals surface area contributed by atoms with E-state index >= 15 is 0 Å². The minimum atomic E-state index is -0.101. The topological polar surface area (TPSA) is 108 Å². The molecular weight excluding hydrogens is 452 g/mol. The van der Waals surface area contributed by atoms with Gasteiger partial charge >= 0.3 is 0 Å². The maximum Gasteiger partial charge on any atom is 0.246 e. The summed E-state index contributed by atoms with van der Waals surface area (Å²) in [7, 11) is 0. The number of anilines is 1. The number of carbonyl (C=O) groups excluding carboxylic acids is 1. The van der Waals surface area contributed by atoms with Crippen LogP contribution in [0.2, 0.25) is 5.02 Å². The van der Waals surface area contributed by atoms with Gasteiger partial charge in [0.25, 0.3) is 0 Å². The summed E-state index contributed by atoms with van der Waals surface area (Å²) in [4.78, 5) is 27.0. The van der Waals surface area contributed by atoms with Gasteiger partial charge in [0.05, 0.1) is 33.8 Å². The first-order chi connectivity index (χ1) is 16.4. The Morgan fingerprint density at radius 3 is 2.91 bits per heavy atom. The molecule has 10 heteroatoms. The molecule has 0 aliphatic carbocycles. The van der Waals surface area contributed by atoms with Crippen LogP contribution in [0.25, 0.3) is 22.1 Å². The van der Waals surface area contributed by atoms with Gasteiger partial charge in [-0.15, -0.1) is 0 Å². The highest BCUT2D eigenvalue weighted by Gasteiger charge is 2.34. The van der Waals surface area contributed by atoms with E-state index in [9.17, 15) is 4.79 Å². The van der Waals surface area contributed by atoms with E-state index in [-0.39, 0.29) is 18.0 Å². The van der Waals surface area contributed by atoms with Gasteiger partial charge in [-0.25, -0.2) is 19.6 Å². The van der Waals surface area contributed by atoms with E-state index in [4.69, 9.17) is 22.4 Å². The number of hydrogen-bond donors (Lipinski definition) is 1. The largest absolute Gasteiger partial charge is 0.383 e. The van der Waals surface area contributed by atoms with Gasteiger partial charge < -0.3 is 15.2 Å². The van der Waals surface area contributed by atoms with Crippen molar-refractivity contribution in [2.45, 2.75) is 38.9 Å². The van der Waals surface area contributed by atoms with Crippen LogP contribution in [0.5, 0.6) is 0 Å². The summed E-state index contributed by atoms with van der Waals surface area (Å²) in [5.41, 5.74) is 9.67. The molecule has 1 aliphatic heterocycles. The molecule has 9 nitrogen and oxygen atoms in total. The Morgan fingerprint density at radius 1 is 1.32 bits per heavy atom. The number of carbonyl (C=O) groups is 1. The molecule has 0 bridgehead atoms. The first-order valence-electron chi connectivity index (χ1n) is 11.0. The molecule has 2 atom stereocenters. The Kier molecular flexibility index (Phi) is 5.46. The van der Waals surface area contributed by atoms with Gasteiger partial charge in [0.15, 0.2) is 5.65 Å². The molecule has 0 radical (unpaired) electrons. The minimum absolute atomic E-state index is 0.0527. The summed E-state index contributed by atoms with van der Waals surface area (Å²) < 4.78 is 3.83. The molecule has 1 aromatic carbocycles. The van der Waals surface area contributed by atoms with Crippen molar-refractivity contribution in [2.24, 2.45) is 0 Å². The van der Waals surface area contributed by atoms with Crippen LogP contribution in [0.1, 0.15) is 37.6 Å². The van der Waals surface area contributed by atoms with E-state index in [1.54, 1.807) is 15.9 Å². The Balaban J connectivity index is 1.57. The van der Waals surface area contributed by atoms with Crippen molar-refractivity contribution in [1.82, 2.24) is 34.2 Å². The van der Waals surface area contributed by atoms with E-state index in [1.807, 2.05) is 30.5 Å². The third-order valence-corrected chi connectivity index (χ3v) is 6.55. The number of aromatic nitrogens is 6. The van der Waals surface area contributed by atoms with Gasteiger partial charge in [0.1, 0.15) is 17.8 Å². The number of rotatable bonds is 3. The zero-order valence-corrected chi connectivity index (χ0v) is 19.6. The van der Waals surface area contributed by atoms with Crippen molar-refractivity contribution >= 4 is 45.4 Å². The van der Waals surface area contributed by atoms with Crippen LogP contribution in [0.15, 0.2) is 37.4 Å². The summed E-state index contributed by atoms with van der Waals surface area (Å²) in [5, 5.41) is 5.86. The van der Waals surface area contributed by atoms with Crippen LogP contribution in [0, 0.1) is 11.8 Å². The predicted octanol–water partition coefficient (Wildman–Crippen LogP) is 3.18. The van der Waals surface area contributed by atoms with Gasteiger partial charge in [-0.05, 0) is 44.4 Å². The summed E-state index contributed by atoms with van der Waals surface area (Å²) in [6.45, 7) is 8.97. The predicted molar refractivity (Wildman–Crippen MR) is 131 cm³/mol. The van der Waals surface area contributed by atoms with Gasteiger partial charge in [-0.3, -0.25) is 4.79 Å². The van der Waals surface area contributed by atoms with Crippen LogP contribution in [0.4, 0.5) is 5.82 Å². The molecule has 1 amide bonds. The van der Waals surface area contributed by atoms with E-state index in [0.717, 1.165) is 24.0 Å². The number of amides is 1. The highest BCUT2D eigenvalue weighted by Crippen LogP contribution is 2.31. The van der Waals surface area contributed by atoms with Gasteiger partial charge in [0.2, 0.25) is 5.91 Å². The average molecular weight is 475 g/mol. The number of benzene rings is 1. The highest BCUT2D eigenvalue weighted by molar-refractivity contribution is 6.32. The zero-order chi connectivity index (χ0) is 24.0. The number of imidazole rings is 1. The number of nitrogens with zero attached hydrogens (tertiary/aromatic N) is 7. The zero-order valence-electron chi connectivity index (χ0n) is 18.9. The summed E-state index contributed by atoms with van der Waals surface area (Å²) in [6.07, 6.45) is 5.26. The average Bonchev–Trinajstić information content (AvgIpc) is 3.52. The second kappa shape index (κ2) is 8.47. The van der Waals surface area contributed by atoms with Crippen molar-refractivity contribution in [1.29, 1.82) is 0 Å². The maximum absolute atomic E-state index is 12.2. The lowest BCUT2D eigenvalue weighted by molar-refractivity contribution is -0.126. The number of nitrogens with two attached hydrogens (primary N) is 1. The highest BCUT2D eigenvalue weighted by atomic mass is 35.5. The van der Waals surface area contributed by atoms with Crippen LogP contribution >= 0.6 is 11.6 Å². The lowest BCUT2D eigenvalue weighted by Gasteiger charge is -2.19. The maximum atomic E-state index is 12.2. The summed E-state index contributed by atoms with van der Waals surface area (Å²) in [6, 6.07) is 3.73. The fourth-order valence-electron chi connectivity index (χ4n) is 4.49. The molecule has 0 spiro atoms. The number of fused-ring (bicyclic) bond motifs is 2. The number of aryl methyl sites for hydroxylation is 1. The van der Waals surface area contributed by atoms with Crippen LogP contribution in [0.3, 0.4) is 0 Å². The Hall–Kier alpha value is -3.90. The molecule has 1 unspecified atom stereocenters. The Morgan fingerprint density at radius 2 is 2.15 bits per heavy atom. The summed E-state index contributed by atoms with van der Waals surface area (Å²) in [5.74, 6) is 6.43.